The van der Waals surface area contributed by atoms with E-state index in [1.165, 1.54) is 11.8 Å². The first kappa shape index (κ1) is 12.9. The van der Waals surface area contributed by atoms with Crippen LogP contribution in [0.2, 0.25) is 0 Å². The van der Waals surface area contributed by atoms with Crippen LogP contribution in [0, 0.1) is 6.92 Å². The minimum absolute atomic E-state index is 0.693. The van der Waals surface area contributed by atoms with E-state index < -0.39 is 0 Å². The van der Waals surface area contributed by atoms with Crippen molar-refractivity contribution in [2.24, 2.45) is 7.05 Å². The molecule has 0 saturated heterocycles. The standard InChI is InChI=1S/C12H17N5S/c1-4-5-9-10(13)11(17(3)16-9)18-12-14-6-8(2)7-15-12/h6-7H,4-5,13H2,1-3H3. The Bertz CT molecular complexity index is 532. The number of aromatic nitrogens is 4. The van der Waals surface area contributed by atoms with Crippen molar-refractivity contribution < 1.29 is 0 Å². The highest BCUT2D eigenvalue weighted by Gasteiger charge is 2.14. The van der Waals surface area contributed by atoms with Gasteiger partial charge in [0.05, 0.1) is 11.4 Å². The van der Waals surface area contributed by atoms with Gasteiger partial charge in [0.1, 0.15) is 5.03 Å². The Kier molecular flexibility index (Phi) is 3.86. The Morgan fingerprint density at radius 1 is 1.33 bits per heavy atom. The van der Waals surface area contributed by atoms with Crippen molar-refractivity contribution in [2.45, 2.75) is 36.9 Å². The Labute approximate surface area is 111 Å². The molecule has 0 radical (unpaired) electrons. The van der Waals surface area contributed by atoms with Crippen molar-refractivity contribution in [2.75, 3.05) is 5.73 Å². The molecule has 0 unspecified atom stereocenters. The number of nitrogens with two attached hydrogens (primary N) is 1. The van der Waals surface area contributed by atoms with Crippen LogP contribution in [-0.2, 0) is 13.5 Å². The molecule has 0 fully saturated rings. The lowest BCUT2D eigenvalue weighted by Gasteiger charge is -2.02. The van der Waals surface area contributed by atoms with Gasteiger partial charge < -0.3 is 5.73 Å². The molecule has 0 bridgehead atoms. The maximum Gasteiger partial charge on any atom is 0.193 e. The molecule has 96 valence electrons. The molecule has 0 aromatic carbocycles. The molecular weight excluding hydrogens is 246 g/mol. The van der Waals surface area contributed by atoms with Crippen LogP contribution in [0.1, 0.15) is 24.6 Å². The third kappa shape index (κ3) is 2.64. The number of nitrogen functional groups attached to an aromatic ring is 1. The quantitative estimate of drug-likeness (QED) is 0.856. The molecule has 0 atom stereocenters. The predicted molar refractivity (Wildman–Crippen MR) is 72.5 cm³/mol. The summed E-state index contributed by atoms with van der Waals surface area (Å²) >= 11 is 1.45. The number of nitrogens with zero attached hydrogens (tertiary/aromatic N) is 4. The van der Waals surface area contributed by atoms with Gasteiger partial charge in [0.25, 0.3) is 0 Å². The van der Waals surface area contributed by atoms with E-state index in [4.69, 9.17) is 5.73 Å². The number of rotatable bonds is 4. The second-order valence-corrected chi connectivity index (χ2v) is 5.14. The van der Waals surface area contributed by atoms with Gasteiger partial charge in [0, 0.05) is 19.4 Å². The number of anilines is 1. The first-order chi connectivity index (χ1) is 8.61. The molecule has 2 N–H and O–H groups in total. The van der Waals surface area contributed by atoms with Gasteiger partial charge in [-0.25, -0.2) is 9.97 Å². The van der Waals surface area contributed by atoms with Crippen molar-refractivity contribution in [1.29, 1.82) is 0 Å². The van der Waals surface area contributed by atoms with Crippen LogP contribution >= 0.6 is 11.8 Å². The summed E-state index contributed by atoms with van der Waals surface area (Å²) in [4.78, 5) is 8.53. The van der Waals surface area contributed by atoms with Crippen LogP contribution < -0.4 is 5.73 Å². The summed E-state index contributed by atoms with van der Waals surface area (Å²) in [6, 6.07) is 0. The SMILES string of the molecule is CCCc1nn(C)c(Sc2ncc(C)cn2)c1N. The summed E-state index contributed by atoms with van der Waals surface area (Å²) in [6.45, 7) is 4.08. The molecule has 2 heterocycles. The van der Waals surface area contributed by atoms with E-state index >= 15 is 0 Å². The van der Waals surface area contributed by atoms with Gasteiger partial charge in [0.2, 0.25) is 0 Å². The van der Waals surface area contributed by atoms with Gasteiger partial charge in [-0.2, -0.15) is 5.10 Å². The molecule has 0 aliphatic rings. The van der Waals surface area contributed by atoms with E-state index in [1.807, 2.05) is 14.0 Å². The van der Waals surface area contributed by atoms with Crippen molar-refractivity contribution in [1.82, 2.24) is 19.7 Å². The Hall–Kier alpha value is -1.56. The van der Waals surface area contributed by atoms with Crippen LogP contribution in [0.5, 0.6) is 0 Å². The summed E-state index contributed by atoms with van der Waals surface area (Å²) in [7, 11) is 1.89. The summed E-state index contributed by atoms with van der Waals surface area (Å²) in [5, 5.41) is 6.03. The summed E-state index contributed by atoms with van der Waals surface area (Å²) in [5.41, 5.74) is 8.85. The molecule has 2 aromatic heterocycles. The van der Waals surface area contributed by atoms with E-state index in [9.17, 15) is 0 Å². The Morgan fingerprint density at radius 3 is 2.61 bits per heavy atom. The molecule has 0 aliphatic heterocycles. The highest BCUT2D eigenvalue weighted by atomic mass is 32.2. The number of aryl methyl sites for hydroxylation is 3. The van der Waals surface area contributed by atoms with E-state index in [1.54, 1.807) is 17.1 Å². The fraction of sp³-hybridized carbons (Fsp3) is 0.417. The van der Waals surface area contributed by atoms with E-state index in [0.717, 1.165) is 34.8 Å². The molecule has 0 spiro atoms. The molecule has 0 saturated carbocycles. The van der Waals surface area contributed by atoms with Crippen molar-refractivity contribution >= 4 is 17.4 Å². The highest BCUT2D eigenvalue weighted by Crippen LogP contribution is 2.31. The maximum atomic E-state index is 6.11. The maximum absolute atomic E-state index is 6.11. The zero-order valence-electron chi connectivity index (χ0n) is 10.8. The fourth-order valence-electron chi connectivity index (χ4n) is 1.64. The first-order valence-electron chi connectivity index (χ1n) is 5.89. The predicted octanol–water partition coefficient (Wildman–Crippen LogP) is 2.20. The third-order valence-electron chi connectivity index (χ3n) is 2.54. The lowest BCUT2D eigenvalue weighted by Crippen LogP contribution is -1.95. The highest BCUT2D eigenvalue weighted by molar-refractivity contribution is 7.99. The molecule has 18 heavy (non-hydrogen) atoms. The molecule has 6 heteroatoms. The topological polar surface area (TPSA) is 69.6 Å². The van der Waals surface area contributed by atoms with Crippen LogP contribution in [-0.4, -0.2) is 19.7 Å². The van der Waals surface area contributed by atoms with Crippen LogP contribution in [0.15, 0.2) is 22.6 Å². The van der Waals surface area contributed by atoms with Gasteiger partial charge in [-0.1, -0.05) is 13.3 Å². The molecule has 5 nitrogen and oxygen atoms in total. The van der Waals surface area contributed by atoms with Crippen molar-refractivity contribution in [3.63, 3.8) is 0 Å². The zero-order chi connectivity index (χ0) is 13.1. The van der Waals surface area contributed by atoms with E-state index in [-0.39, 0.29) is 0 Å². The van der Waals surface area contributed by atoms with E-state index in [2.05, 4.69) is 22.0 Å². The van der Waals surface area contributed by atoms with Crippen LogP contribution in [0.3, 0.4) is 0 Å². The first-order valence-corrected chi connectivity index (χ1v) is 6.71. The minimum Gasteiger partial charge on any atom is -0.395 e. The lowest BCUT2D eigenvalue weighted by atomic mass is 10.2. The van der Waals surface area contributed by atoms with Crippen molar-refractivity contribution in [3.8, 4) is 0 Å². The third-order valence-corrected chi connectivity index (χ3v) is 3.61. The molecule has 2 rings (SSSR count). The normalized spacial score (nSPS) is 10.8. The summed E-state index contributed by atoms with van der Waals surface area (Å²) in [6.07, 6.45) is 5.53. The van der Waals surface area contributed by atoms with Gasteiger partial charge in [-0.3, -0.25) is 4.68 Å². The van der Waals surface area contributed by atoms with Gasteiger partial charge >= 0.3 is 0 Å². The number of hydrogen-bond donors (Lipinski definition) is 1. The molecular formula is C12H17N5S. The van der Waals surface area contributed by atoms with Gasteiger partial charge in [-0.05, 0) is 30.7 Å². The van der Waals surface area contributed by atoms with E-state index in [0.29, 0.717) is 5.16 Å². The summed E-state index contributed by atoms with van der Waals surface area (Å²) < 4.78 is 1.80. The Morgan fingerprint density at radius 2 is 2.00 bits per heavy atom. The van der Waals surface area contributed by atoms with Crippen LogP contribution in [0.25, 0.3) is 0 Å². The lowest BCUT2D eigenvalue weighted by molar-refractivity contribution is 0.680. The van der Waals surface area contributed by atoms with Crippen LogP contribution in [0.4, 0.5) is 5.69 Å². The molecule has 2 aromatic rings. The molecule has 0 aliphatic carbocycles. The van der Waals surface area contributed by atoms with Gasteiger partial charge in [0.15, 0.2) is 5.16 Å². The second kappa shape index (κ2) is 5.39. The largest absolute Gasteiger partial charge is 0.395 e. The summed E-state index contributed by atoms with van der Waals surface area (Å²) in [5.74, 6) is 0. The molecule has 0 amide bonds. The second-order valence-electron chi connectivity index (χ2n) is 4.18. The smallest absolute Gasteiger partial charge is 0.193 e. The van der Waals surface area contributed by atoms with Gasteiger partial charge in [-0.15, -0.1) is 0 Å². The minimum atomic E-state index is 0.693. The monoisotopic (exact) mass is 263 g/mol. The zero-order valence-corrected chi connectivity index (χ0v) is 11.7. The number of hydrogen-bond acceptors (Lipinski definition) is 5. The average Bonchev–Trinajstić information content (AvgIpc) is 2.60. The fourth-order valence-corrected chi connectivity index (χ4v) is 2.42. The Balaban J connectivity index is 2.26. The average molecular weight is 263 g/mol. The van der Waals surface area contributed by atoms with Crippen molar-refractivity contribution in [3.05, 3.63) is 23.7 Å².